The molecule has 1 spiro atoms. The molecule has 0 aliphatic carbocycles. The summed E-state index contributed by atoms with van der Waals surface area (Å²) in [5.74, 6) is 0. The summed E-state index contributed by atoms with van der Waals surface area (Å²) in [6, 6.07) is 0.671. The van der Waals surface area contributed by atoms with E-state index < -0.39 is 0 Å². The Morgan fingerprint density at radius 2 is 1.90 bits per heavy atom. The molecule has 1 amide bonds. The van der Waals surface area contributed by atoms with Crippen LogP contribution in [0.15, 0.2) is 0 Å². The number of amides is 1. The molecule has 0 aromatic carbocycles. The molecule has 0 aromatic heterocycles. The standard InChI is InChI=1S/C16H29N3O2/c1-2-21-15(20)18-10-3-14(4-11-18)19-12-7-16(13-19)5-8-17-9-6-16/h14,17H,2-13H2,1H3. The molecule has 3 heterocycles. The van der Waals surface area contributed by atoms with Gasteiger partial charge in [-0.15, -0.1) is 0 Å². The minimum absolute atomic E-state index is 0.132. The minimum atomic E-state index is -0.132. The summed E-state index contributed by atoms with van der Waals surface area (Å²) in [7, 11) is 0. The number of carbonyl (C=O) groups is 1. The maximum absolute atomic E-state index is 11.8. The first-order valence-electron chi connectivity index (χ1n) is 8.59. The Bertz CT molecular complexity index is 361. The van der Waals surface area contributed by atoms with Crippen molar-refractivity contribution < 1.29 is 9.53 Å². The van der Waals surface area contributed by atoms with Gasteiger partial charge in [-0.2, -0.15) is 0 Å². The monoisotopic (exact) mass is 295 g/mol. The molecular formula is C16H29N3O2. The van der Waals surface area contributed by atoms with E-state index in [1.165, 1.54) is 45.4 Å². The van der Waals surface area contributed by atoms with Crippen molar-refractivity contribution >= 4 is 6.09 Å². The molecule has 21 heavy (non-hydrogen) atoms. The quantitative estimate of drug-likeness (QED) is 0.842. The van der Waals surface area contributed by atoms with Gasteiger partial charge in [0.1, 0.15) is 0 Å². The third-order valence-corrected chi connectivity index (χ3v) is 5.64. The van der Waals surface area contributed by atoms with Gasteiger partial charge in [0, 0.05) is 25.7 Å². The zero-order valence-corrected chi connectivity index (χ0v) is 13.3. The van der Waals surface area contributed by atoms with Gasteiger partial charge in [0.2, 0.25) is 0 Å². The van der Waals surface area contributed by atoms with Crippen molar-refractivity contribution in [3.8, 4) is 0 Å². The Morgan fingerprint density at radius 1 is 1.19 bits per heavy atom. The largest absolute Gasteiger partial charge is 0.450 e. The van der Waals surface area contributed by atoms with Crippen LogP contribution in [-0.2, 0) is 4.74 Å². The van der Waals surface area contributed by atoms with Crippen molar-refractivity contribution in [2.24, 2.45) is 5.41 Å². The molecule has 3 saturated heterocycles. The molecule has 0 saturated carbocycles. The van der Waals surface area contributed by atoms with E-state index in [0.29, 0.717) is 18.1 Å². The molecule has 5 nitrogen and oxygen atoms in total. The Labute approximate surface area is 128 Å². The van der Waals surface area contributed by atoms with Gasteiger partial charge in [-0.1, -0.05) is 0 Å². The van der Waals surface area contributed by atoms with Gasteiger partial charge in [-0.3, -0.25) is 4.90 Å². The predicted molar refractivity (Wildman–Crippen MR) is 82.3 cm³/mol. The van der Waals surface area contributed by atoms with Crippen LogP contribution in [0.1, 0.15) is 39.0 Å². The van der Waals surface area contributed by atoms with Gasteiger partial charge >= 0.3 is 6.09 Å². The number of piperidine rings is 2. The van der Waals surface area contributed by atoms with Gasteiger partial charge in [0.25, 0.3) is 0 Å². The van der Waals surface area contributed by atoms with Crippen LogP contribution in [0.25, 0.3) is 0 Å². The van der Waals surface area contributed by atoms with Crippen molar-refractivity contribution in [1.82, 2.24) is 15.1 Å². The molecule has 0 bridgehead atoms. The van der Waals surface area contributed by atoms with Crippen molar-refractivity contribution in [2.75, 3.05) is 45.9 Å². The maximum atomic E-state index is 11.8. The number of likely N-dealkylation sites (tertiary alicyclic amines) is 2. The van der Waals surface area contributed by atoms with E-state index >= 15 is 0 Å². The Morgan fingerprint density at radius 3 is 2.57 bits per heavy atom. The summed E-state index contributed by atoms with van der Waals surface area (Å²) >= 11 is 0. The SMILES string of the molecule is CCOC(=O)N1CCC(N2CCC3(CCNCC3)C2)CC1. The highest BCUT2D eigenvalue weighted by atomic mass is 16.6. The molecule has 120 valence electrons. The number of ether oxygens (including phenoxy) is 1. The molecule has 3 aliphatic rings. The highest BCUT2D eigenvalue weighted by Crippen LogP contribution is 2.40. The zero-order valence-electron chi connectivity index (χ0n) is 13.3. The highest BCUT2D eigenvalue weighted by Gasteiger charge is 2.41. The second-order valence-electron chi connectivity index (χ2n) is 6.89. The van der Waals surface area contributed by atoms with Crippen LogP contribution in [0, 0.1) is 5.41 Å². The number of carbonyl (C=O) groups excluding carboxylic acids is 1. The lowest BCUT2D eigenvalue weighted by Crippen LogP contribution is -2.47. The molecular weight excluding hydrogens is 266 g/mol. The number of hydrogen-bond donors (Lipinski definition) is 1. The van der Waals surface area contributed by atoms with Crippen LogP contribution >= 0.6 is 0 Å². The predicted octanol–water partition coefficient (Wildman–Crippen LogP) is 1.68. The molecule has 3 aliphatic heterocycles. The third kappa shape index (κ3) is 3.34. The summed E-state index contributed by atoms with van der Waals surface area (Å²) in [6.45, 7) is 8.96. The molecule has 0 unspecified atom stereocenters. The lowest BCUT2D eigenvalue weighted by Gasteiger charge is -2.38. The van der Waals surface area contributed by atoms with Crippen LogP contribution in [0.4, 0.5) is 4.79 Å². The van der Waals surface area contributed by atoms with E-state index in [1.54, 1.807) is 0 Å². The average Bonchev–Trinajstić information content (AvgIpc) is 2.92. The van der Waals surface area contributed by atoms with Gasteiger partial charge in [-0.05, 0) is 64.1 Å². The molecule has 0 radical (unpaired) electrons. The van der Waals surface area contributed by atoms with Crippen molar-refractivity contribution in [2.45, 2.75) is 45.1 Å². The van der Waals surface area contributed by atoms with E-state index in [-0.39, 0.29) is 6.09 Å². The fourth-order valence-electron chi connectivity index (χ4n) is 4.27. The van der Waals surface area contributed by atoms with Crippen LogP contribution in [0.3, 0.4) is 0 Å². The summed E-state index contributed by atoms with van der Waals surface area (Å²) in [5.41, 5.74) is 0.587. The number of hydrogen-bond acceptors (Lipinski definition) is 4. The van der Waals surface area contributed by atoms with E-state index in [2.05, 4.69) is 10.2 Å². The van der Waals surface area contributed by atoms with Crippen LogP contribution < -0.4 is 5.32 Å². The summed E-state index contributed by atoms with van der Waals surface area (Å²) in [6.07, 6.45) is 6.12. The normalized spacial score (nSPS) is 27.2. The van der Waals surface area contributed by atoms with Gasteiger partial charge in [-0.25, -0.2) is 4.79 Å². The summed E-state index contributed by atoms with van der Waals surface area (Å²) < 4.78 is 5.10. The van der Waals surface area contributed by atoms with Crippen molar-refractivity contribution in [1.29, 1.82) is 0 Å². The van der Waals surface area contributed by atoms with E-state index in [9.17, 15) is 4.79 Å². The second-order valence-corrected chi connectivity index (χ2v) is 6.89. The summed E-state index contributed by atoms with van der Waals surface area (Å²) in [4.78, 5) is 16.3. The lowest BCUT2D eigenvalue weighted by molar-refractivity contribution is 0.0757. The van der Waals surface area contributed by atoms with Crippen LogP contribution in [-0.4, -0.2) is 67.8 Å². The molecule has 5 heteroatoms. The topological polar surface area (TPSA) is 44.8 Å². The first-order chi connectivity index (χ1) is 10.2. The second kappa shape index (κ2) is 6.53. The molecule has 0 aromatic rings. The number of nitrogens with zero attached hydrogens (tertiary/aromatic N) is 2. The van der Waals surface area contributed by atoms with Crippen molar-refractivity contribution in [3.05, 3.63) is 0 Å². The van der Waals surface area contributed by atoms with E-state index in [0.717, 1.165) is 25.9 Å². The van der Waals surface area contributed by atoms with Crippen molar-refractivity contribution in [3.63, 3.8) is 0 Å². The molecule has 0 atom stereocenters. The minimum Gasteiger partial charge on any atom is -0.450 e. The third-order valence-electron chi connectivity index (χ3n) is 5.64. The van der Waals surface area contributed by atoms with E-state index in [4.69, 9.17) is 4.74 Å². The van der Waals surface area contributed by atoms with Gasteiger partial charge in [0.15, 0.2) is 0 Å². The van der Waals surface area contributed by atoms with Crippen LogP contribution in [0.2, 0.25) is 0 Å². The number of rotatable bonds is 2. The van der Waals surface area contributed by atoms with E-state index in [1.807, 2.05) is 11.8 Å². The Balaban J connectivity index is 1.48. The molecule has 3 rings (SSSR count). The zero-order chi connectivity index (χ0) is 14.7. The number of nitrogens with one attached hydrogen (secondary N) is 1. The molecule has 1 N–H and O–H groups in total. The average molecular weight is 295 g/mol. The van der Waals surface area contributed by atoms with Gasteiger partial charge < -0.3 is 15.0 Å². The Hall–Kier alpha value is -0.810. The fraction of sp³-hybridized carbons (Fsp3) is 0.938. The first-order valence-corrected chi connectivity index (χ1v) is 8.59. The smallest absolute Gasteiger partial charge is 0.409 e. The fourth-order valence-corrected chi connectivity index (χ4v) is 4.27. The van der Waals surface area contributed by atoms with Crippen LogP contribution in [0.5, 0.6) is 0 Å². The maximum Gasteiger partial charge on any atom is 0.409 e. The Kier molecular flexibility index (Phi) is 4.69. The highest BCUT2D eigenvalue weighted by molar-refractivity contribution is 5.67. The lowest BCUT2D eigenvalue weighted by atomic mass is 9.78. The first kappa shape index (κ1) is 15.1. The van der Waals surface area contributed by atoms with Gasteiger partial charge in [0.05, 0.1) is 6.61 Å². The molecule has 3 fully saturated rings. The summed E-state index contributed by atoms with van der Waals surface area (Å²) in [5, 5.41) is 3.48.